The van der Waals surface area contributed by atoms with Crippen molar-refractivity contribution in [2.75, 3.05) is 6.61 Å². The van der Waals surface area contributed by atoms with Crippen molar-refractivity contribution in [3.05, 3.63) is 83.4 Å². The molecular weight excluding hydrogens is 442 g/mol. The topological polar surface area (TPSA) is 107 Å². The number of nitrogens with two attached hydrogens (primary N) is 1. The van der Waals surface area contributed by atoms with Crippen molar-refractivity contribution in [2.24, 2.45) is 5.73 Å². The maximum atomic E-state index is 13.3. The average Bonchev–Trinajstić information content (AvgIpc) is 3.56. The molecule has 4 aromatic rings. The molecule has 1 aliphatic rings. The summed E-state index contributed by atoms with van der Waals surface area (Å²) in [6.45, 7) is 1.74. The number of rotatable bonds is 7. The van der Waals surface area contributed by atoms with E-state index in [9.17, 15) is 9.59 Å². The molecule has 1 saturated carbocycles. The van der Waals surface area contributed by atoms with E-state index in [4.69, 9.17) is 21.3 Å². The van der Waals surface area contributed by atoms with Crippen LogP contribution in [0.1, 0.15) is 45.0 Å². The van der Waals surface area contributed by atoms with Crippen LogP contribution in [0.5, 0.6) is 5.75 Å². The van der Waals surface area contributed by atoms with Crippen molar-refractivity contribution in [1.82, 2.24) is 10.3 Å². The van der Waals surface area contributed by atoms with E-state index in [0.29, 0.717) is 44.7 Å². The summed E-state index contributed by atoms with van der Waals surface area (Å²) in [5.41, 5.74) is 8.55. The number of fused-ring (bicyclic) bond motifs is 1. The van der Waals surface area contributed by atoms with Gasteiger partial charge in [0.15, 0.2) is 0 Å². The summed E-state index contributed by atoms with van der Waals surface area (Å²) in [6.07, 6.45) is 8.78. The van der Waals surface area contributed by atoms with Crippen molar-refractivity contribution in [1.29, 1.82) is 0 Å². The predicted molar refractivity (Wildman–Crippen MR) is 132 cm³/mol. The third kappa shape index (κ3) is 4.00. The van der Waals surface area contributed by atoms with Crippen molar-refractivity contribution in [3.63, 3.8) is 0 Å². The Morgan fingerprint density at radius 1 is 1.17 bits per heavy atom. The highest BCUT2D eigenvalue weighted by Gasteiger charge is 2.47. The largest absolute Gasteiger partial charge is 0.480 e. The van der Waals surface area contributed by atoms with Gasteiger partial charge < -0.3 is 20.2 Å². The summed E-state index contributed by atoms with van der Waals surface area (Å²) in [6, 6.07) is 16.2. The number of benzene rings is 2. The van der Waals surface area contributed by atoms with Crippen LogP contribution >= 0.6 is 0 Å². The van der Waals surface area contributed by atoms with Crippen molar-refractivity contribution in [2.45, 2.75) is 25.3 Å². The minimum absolute atomic E-state index is 0.0460. The molecule has 1 aliphatic carbocycles. The molecule has 2 heterocycles. The molecule has 3 N–H and O–H groups in total. The van der Waals surface area contributed by atoms with Crippen LogP contribution in [0.25, 0.3) is 22.1 Å². The Hall–Kier alpha value is -4.57. The standard InChI is InChI=1S/C28H23N3O4/c1-3-15-34-21-11-10-18(27(33)31-28(12-13-28)23-9-4-5-14-30-23)16-20(21)19-7-6-8-22-25(19)24(26(29)32)17(2)35-22/h1,4-11,14,16H,12-13,15H2,2H3,(H2,29,32)(H,31,33). The van der Waals surface area contributed by atoms with Gasteiger partial charge >= 0.3 is 0 Å². The summed E-state index contributed by atoms with van der Waals surface area (Å²) < 4.78 is 11.6. The normalized spacial score (nSPS) is 13.7. The molecule has 0 bridgehead atoms. The number of ether oxygens (including phenoxy) is 1. The Balaban J connectivity index is 1.60. The highest BCUT2D eigenvalue weighted by Crippen LogP contribution is 2.45. The van der Waals surface area contributed by atoms with Crippen LogP contribution in [0.4, 0.5) is 0 Å². The highest BCUT2D eigenvalue weighted by molar-refractivity contribution is 6.12. The maximum absolute atomic E-state index is 13.3. The van der Waals surface area contributed by atoms with E-state index in [0.717, 1.165) is 18.5 Å². The number of pyridine rings is 1. The minimum atomic E-state index is -0.597. The predicted octanol–water partition coefficient (Wildman–Crippen LogP) is 4.33. The van der Waals surface area contributed by atoms with Gasteiger partial charge in [0.1, 0.15) is 23.7 Å². The SMILES string of the molecule is C#CCOc1ccc(C(=O)NC2(c3ccccn3)CC2)cc1-c1cccc2oc(C)c(C(N)=O)c12. The molecule has 7 heteroatoms. The summed E-state index contributed by atoms with van der Waals surface area (Å²) >= 11 is 0. The van der Waals surface area contributed by atoms with Crippen LogP contribution in [0.15, 0.2) is 65.2 Å². The minimum Gasteiger partial charge on any atom is -0.480 e. The first kappa shape index (κ1) is 22.2. The number of hydrogen-bond acceptors (Lipinski definition) is 5. The van der Waals surface area contributed by atoms with E-state index in [2.05, 4.69) is 16.2 Å². The summed E-state index contributed by atoms with van der Waals surface area (Å²) in [4.78, 5) is 30.0. The number of amides is 2. The smallest absolute Gasteiger partial charge is 0.252 e. The van der Waals surface area contributed by atoms with Gasteiger partial charge in [0.2, 0.25) is 0 Å². The van der Waals surface area contributed by atoms with Crippen molar-refractivity contribution < 1.29 is 18.7 Å². The molecular formula is C28H23N3O4. The lowest BCUT2D eigenvalue weighted by Crippen LogP contribution is -2.35. The first-order valence-corrected chi connectivity index (χ1v) is 11.2. The Morgan fingerprint density at radius 2 is 2.00 bits per heavy atom. The van der Waals surface area contributed by atoms with Crippen LogP contribution in [-0.2, 0) is 5.54 Å². The van der Waals surface area contributed by atoms with Gasteiger partial charge in [-0.3, -0.25) is 14.6 Å². The number of aryl methyl sites for hydroxylation is 1. The molecule has 1 fully saturated rings. The van der Waals surface area contributed by atoms with E-state index in [1.807, 2.05) is 30.3 Å². The van der Waals surface area contributed by atoms with Gasteiger partial charge in [-0.05, 0) is 61.7 Å². The number of primary amides is 1. The van der Waals surface area contributed by atoms with Crippen molar-refractivity contribution in [3.8, 4) is 29.2 Å². The Morgan fingerprint density at radius 3 is 2.69 bits per heavy atom. The fourth-order valence-corrected chi connectivity index (χ4v) is 4.42. The van der Waals surface area contributed by atoms with E-state index in [1.165, 1.54) is 0 Å². The maximum Gasteiger partial charge on any atom is 0.252 e. The van der Waals surface area contributed by atoms with Gasteiger partial charge in [-0.15, -0.1) is 6.42 Å². The molecule has 2 amide bonds. The van der Waals surface area contributed by atoms with Crippen LogP contribution in [0.2, 0.25) is 0 Å². The van der Waals surface area contributed by atoms with Crippen LogP contribution in [0.3, 0.4) is 0 Å². The highest BCUT2D eigenvalue weighted by atomic mass is 16.5. The zero-order valence-corrected chi connectivity index (χ0v) is 19.1. The zero-order chi connectivity index (χ0) is 24.6. The van der Waals surface area contributed by atoms with E-state index in [-0.39, 0.29) is 12.5 Å². The summed E-state index contributed by atoms with van der Waals surface area (Å²) in [7, 11) is 0. The molecule has 0 saturated heterocycles. The first-order chi connectivity index (χ1) is 16.9. The monoisotopic (exact) mass is 465 g/mol. The number of aromatic nitrogens is 1. The van der Waals surface area contributed by atoms with Crippen molar-refractivity contribution >= 4 is 22.8 Å². The number of nitrogens with one attached hydrogen (secondary N) is 1. The fourth-order valence-electron chi connectivity index (χ4n) is 4.42. The second-order valence-corrected chi connectivity index (χ2v) is 8.53. The molecule has 5 rings (SSSR count). The lowest BCUT2D eigenvalue weighted by atomic mass is 9.95. The van der Waals surface area contributed by atoms with E-state index < -0.39 is 11.4 Å². The molecule has 35 heavy (non-hydrogen) atoms. The lowest BCUT2D eigenvalue weighted by Gasteiger charge is -2.18. The van der Waals surface area contributed by atoms with Crippen LogP contribution in [0, 0.1) is 19.3 Å². The lowest BCUT2D eigenvalue weighted by molar-refractivity contribution is 0.0928. The van der Waals surface area contributed by atoms with Gasteiger partial charge in [0.25, 0.3) is 11.8 Å². The first-order valence-electron chi connectivity index (χ1n) is 11.2. The van der Waals surface area contributed by atoms with Gasteiger partial charge in [-0.25, -0.2) is 0 Å². The quantitative estimate of drug-likeness (QED) is 0.395. The molecule has 174 valence electrons. The van der Waals surface area contributed by atoms with E-state index in [1.54, 1.807) is 37.4 Å². The van der Waals surface area contributed by atoms with Gasteiger partial charge in [-0.1, -0.05) is 24.1 Å². The van der Waals surface area contributed by atoms with Gasteiger partial charge in [-0.2, -0.15) is 0 Å². The molecule has 7 nitrogen and oxygen atoms in total. The van der Waals surface area contributed by atoms with Crippen LogP contribution < -0.4 is 15.8 Å². The van der Waals surface area contributed by atoms with Gasteiger partial charge in [0, 0.05) is 22.7 Å². The second-order valence-electron chi connectivity index (χ2n) is 8.53. The molecule has 2 aromatic carbocycles. The number of furan rings is 1. The molecule has 0 aliphatic heterocycles. The zero-order valence-electron chi connectivity index (χ0n) is 19.1. The molecule has 0 spiro atoms. The average molecular weight is 466 g/mol. The molecule has 0 unspecified atom stereocenters. The number of carbonyl (C=O) groups excluding carboxylic acids is 2. The second kappa shape index (κ2) is 8.65. The summed E-state index contributed by atoms with van der Waals surface area (Å²) in [5.74, 6) is 2.53. The van der Waals surface area contributed by atoms with Gasteiger partial charge in [0.05, 0.1) is 16.8 Å². The fraction of sp³-hybridized carbons (Fsp3) is 0.179. The third-order valence-electron chi connectivity index (χ3n) is 6.24. The Labute approximate surface area is 202 Å². The number of terminal acetylenes is 1. The van der Waals surface area contributed by atoms with Crippen LogP contribution in [-0.4, -0.2) is 23.4 Å². The molecule has 0 radical (unpaired) electrons. The summed E-state index contributed by atoms with van der Waals surface area (Å²) in [5, 5.41) is 3.71. The third-order valence-corrected chi connectivity index (χ3v) is 6.24. The number of hydrogen-bond donors (Lipinski definition) is 2. The Bertz CT molecular complexity index is 1490. The number of nitrogens with zero attached hydrogens (tertiary/aromatic N) is 1. The molecule has 2 aromatic heterocycles. The Kier molecular flexibility index (Phi) is 5.50. The number of carbonyl (C=O) groups is 2. The molecule has 0 atom stereocenters. The van der Waals surface area contributed by atoms with E-state index >= 15 is 0 Å².